The van der Waals surface area contributed by atoms with Crippen molar-refractivity contribution in [2.24, 2.45) is 0 Å². The molecule has 0 saturated heterocycles. The van der Waals surface area contributed by atoms with Gasteiger partial charge in [-0.3, -0.25) is 4.79 Å². The second-order valence-electron chi connectivity index (χ2n) is 5.15. The van der Waals surface area contributed by atoms with E-state index in [2.05, 4.69) is 21.2 Å². The number of halogens is 2. The Bertz CT molecular complexity index is 749. The van der Waals surface area contributed by atoms with Crippen molar-refractivity contribution in [1.82, 2.24) is 5.32 Å². The highest BCUT2D eigenvalue weighted by molar-refractivity contribution is 9.10. The lowest BCUT2D eigenvalue weighted by Gasteiger charge is -2.08. The maximum absolute atomic E-state index is 13.6. The molecule has 0 aliphatic rings. The minimum atomic E-state index is -0.879. The third kappa shape index (κ3) is 5.86. The van der Waals surface area contributed by atoms with E-state index in [0.29, 0.717) is 17.4 Å². The molecule has 0 spiro atoms. The van der Waals surface area contributed by atoms with Gasteiger partial charge in [0.1, 0.15) is 11.6 Å². The first-order valence-electron chi connectivity index (χ1n) is 7.51. The topological polar surface area (TPSA) is 64.6 Å². The zero-order valence-corrected chi connectivity index (χ0v) is 15.1. The Balaban J connectivity index is 1.73. The van der Waals surface area contributed by atoms with Gasteiger partial charge in [0, 0.05) is 11.0 Å². The van der Waals surface area contributed by atoms with Crippen molar-refractivity contribution < 1.29 is 23.5 Å². The molecule has 0 aromatic heterocycles. The summed E-state index contributed by atoms with van der Waals surface area (Å²) in [6, 6.07) is 11.5. The molecule has 0 saturated carbocycles. The van der Waals surface area contributed by atoms with Crippen LogP contribution >= 0.6 is 15.9 Å². The predicted octanol–water partition coefficient (Wildman–Crippen LogP) is 3.11. The molecule has 0 atom stereocenters. The first kappa shape index (κ1) is 18.9. The second-order valence-corrected chi connectivity index (χ2v) is 6.06. The van der Waals surface area contributed by atoms with Gasteiger partial charge in [0.2, 0.25) is 0 Å². The first-order chi connectivity index (χ1) is 12.0. The Morgan fingerprint density at radius 2 is 1.88 bits per heavy atom. The number of hydrogen-bond acceptors (Lipinski definition) is 4. The second kappa shape index (κ2) is 9.17. The molecule has 0 unspecified atom stereocenters. The minimum absolute atomic E-state index is 0.214. The Morgan fingerprint density at radius 3 is 2.52 bits per heavy atom. The van der Waals surface area contributed by atoms with Gasteiger partial charge in [-0.25, -0.2) is 9.18 Å². The van der Waals surface area contributed by atoms with Crippen LogP contribution in [-0.2, 0) is 16.0 Å². The first-order valence-corrected chi connectivity index (χ1v) is 8.30. The smallest absolute Gasteiger partial charge is 0.341 e. The molecule has 0 bridgehead atoms. The third-order valence-electron chi connectivity index (χ3n) is 3.38. The zero-order chi connectivity index (χ0) is 18.2. The number of amides is 1. The Morgan fingerprint density at radius 1 is 1.16 bits per heavy atom. The number of ether oxygens (including phenoxy) is 2. The number of esters is 1. The lowest BCUT2D eigenvalue weighted by Crippen LogP contribution is -2.30. The van der Waals surface area contributed by atoms with Crippen LogP contribution < -0.4 is 10.1 Å². The molecule has 132 valence electrons. The molecule has 1 amide bonds. The predicted molar refractivity (Wildman–Crippen MR) is 94.1 cm³/mol. The molecule has 0 radical (unpaired) electrons. The van der Waals surface area contributed by atoms with E-state index < -0.39 is 24.3 Å². The largest absolute Gasteiger partial charge is 0.497 e. The number of benzene rings is 2. The van der Waals surface area contributed by atoms with Gasteiger partial charge in [0.05, 0.1) is 12.7 Å². The van der Waals surface area contributed by atoms with Crippen LogP contribution in [0.4, 0.5) is 4.39 Å². The van der Waals surface area contributed by atoms with Gasteiger partial charge in [0.25, 0.3) is 5.91 Å². The molecule has 2 rings (SSSR count). The van der Waals surface area contributed by atoms with E-state index in [1.54, 1.807) is 7.11 Å². The number of carbonyl (C=O) groups is 2. The van der Waals surface area contributed by atoms with Crippen molar-refractivity contribution in [3.63, 3.8) is 0 Å². The van der Waals surface area contributed by atoms with E-state index in [0.717, 1.165) is 17.4 Å². The Kier molecular flexibility index (Phi) is 6.94. The van der Waals surface area contributed by atoms with Gasteiger partial charge in [0.15, 0.2) is 6.61 Å². The van der Waals surface area contributed by atoms with Crippen LogP contribution in [0.15, 0.2) is 46.9 Å². The van der Waals surface area contributed by atoms with Crippen LogP contribution in [0.5, 0.6) is 5.75 Å². The molecular formula is C18H17BrFNO4. The zero-order valence-electron chi connectivity index (χ0n) is 13.6. The SMILES string of the molecule is COc1ccc(CCNC(=O)COC(=O)c2ccc(Br)cc2F)cc1. The standard InChI is InChI=1S/C18H17BrFNO4/c1-24-14-5-2-12(3-6-14)8-9-21-17(22)11-25-18(23)15-7-4-13(19)10-16(15)20/h2-7,10H,8-9,11H2,1H3,(H,21,22). The fourth-order valence-electron chi connectivity index (χ4n) is 2.05. The number of methoxy groups -OCH3 is 1. The van der Waals surface area contributed by atoms with Crippen molar-refractivity contribution in [3.05, 3.63) is 63.9 Å². The molecule has 0 heterocycles. The van der Waals surface area contributed by atoms with Crippen LogP contribution in [-0.4, -0.2) is 32.1 Å². The molecule has 2 aromatic carbocycles. The fourth-order valence-corrected chi connectivity index (χ4v) is 2.39. The van der Waals surface area contributed by atoms with Crippen molar-refractivity contribution in [2.45, 2.75) is 6.42 Å². The number of hydrogen-bond donors (Lipinski definition) is 1. The molecule has 0 aliphatic carbocycles. The van der Waals surface area contributed by atoms with Crippen LogP contribution in [0.3, 0.4) is 0 Å². The van der Waals surface area contributed by atoms with Crippen LogP contribution in [0.2, 0.25) is 0 Å². The summed E-state index contributed by atoms with van der Waals surface area (Å²) in [5, 5.41) is 2.64. The number of rotatable bonds is 7. The van der Waals surface area contributed by atoms with Crippen molar-refractivity contribution in [1.29, 1.82) is 0 Å². The van der Waals surface area contributed by atoms with Gasteiger partial charge in [-0.1, -0.05) is 28.1 Å². The van der Waals surface area contributed by atoms with E-state index in [9.17, 15) is 14.0 Å². The average molecular weight is 410 g/mol. The summed E-state index contributed by atoms with van der Waals surface area (Å²) < 4.78 is 24.0. The lowest BCUT2D eigenvalue weighted by molar-refractivity contribution is -0.124. The average Bonchev–Trinajstić information content (AvgIpc) is 2.60. The molecule has 25 heavy (non-hydrogen) atoms. The summed E-state index contributed by atoms with van der Waals surface area (Å²) >= 11 is 3.10. The van der Waals surface area contributed by atoms with Crippen LogP contribution in [0, 0.1) is 5.82 Å². The van der Waals surface area contributed by atoms with Gasteiger partial charge in [-0.15, -0.1) is 0 Å². The maximum atomic E-state index is 13.6. The summed E-state index contributed by atoms with van der Waals surface area (Å²) in [5.74, 6) is -1.27. The van der Waals surface area contributed by atoms with E-state index in [1.807, 2.05) is 24.3 Å². The maximum Gasteiger partial charge on any atom is 0.341 e. The molecule has 2 aromatic rings. The molecule has 1 N–H and O–H groups in total. The van der Waals surface area contributed by atoms with Gasteiger partial charge >= 0.3 is 5.97 Å². The summed E-state index contributed by atoms with van der Waals surface area (Å²) in [6.07, 6.45) is 0.630. The molecule has 0 fully saturated rings. The summed E-state index contributed by atoms with van der Waals surface area (Å²) in [6.45, 7) is -0.0632. The lowest BCUT2D eigenvalue weighted by atomic mass is 10.1. The quantitative estimate of drug-likeness (QED) is 0.713. The van der Waals surface area contributed by atoms with Gasteiger partial charge < -0.3 is 14.8 Å². The highest BCUT2D eigenvalue weighted by atomic mass is 79.9. The monoisotopic (exact) mass is 409 g/mol. The summed E-state index contributed by atoms with van der Waals surface area (Å²) in [7, 11) is 1.59. The molecule has 7 heteroatoms. The molecule has 5 nitrogen and oxygen atoms in total. The Hall–Kier alpha value is -2.41. The Labute approximate surface area is 153 Å². The fraction of sp³-hybridized carbons (Fsp3) is 0.222. The molecular weight excluding hydrogens is 393 g/mol. The number of nitrogens with one attached hydrogen (secondary N) is 1. The number of carbonyl (C=O) groups excluding carboxylic acids is 2. The van der Waals surface area contributed by atoms with Crippen molar-refractivity contribution in [2.75, 3.05) is 20.3 Å². The van der Waals surface area contributed by atoms with E-state index in [-0.39, 0.29) is 5.56 Å². The van der Waals surface area contributed by atoms with Gasteiger partial charge in [-0.2, -0.15) is 0 Å². The summed E-state index contributed by atoms with van der Waals surface area (Å²) in [4.78, 5) is 23.5. The summed E-state index contributed by atoms with van der Waals surface area (Å²) in [5.41, 5.74) is 0.823. The minimum Gasteiger partial charge on any atom is -0.497 e. The van der Waals surface area contributed by atoms with E-state index >= 15 is 0 Å². The van der Waals surface area contributed by atoms with Crippen molar-refractivity contribution in [3.8, 4) is 5.75 Å². The van der Waals surface area contributed by atoms with Crippen LogP contribution in [0.1, 0.15) is 15.9 Å². The van der Waals surface area contributed by atoms with Crippen LogP contribution in [0.25, 0.3) is 0 Å². The van der Waals surface area contributed by atoms with Crippen molar-refractivity contribution >= 4 is 27.8 Å². The highest BCUT2D eigenvalue weighted by Crippen LogP contribution is 2.16. The third-order valence-corrected chi connectivity index (χ3v) is 3.87. The normalized spacial score (nSPS) is 10.2. The molecule has 0 aliphatic heterocycles. The van der Waals surface area contributed by atoms with E-state index in [4.69, 9.17) is 9.47 Å². The van der Waals surface area contributed by atoms with E-state index in [1.165, 1.54) is 12.1 Å². The van der Waals surface area contributed by atoms with Gasteiger partial charge in [-0.05, 0) is 42.3 Å². The highest BCUT2D eigenvalue weighted by Gasteiger charge is 2.14.